The number of hydrogen-bond acceptors (Lipinski definition) is 5. The molecule has 2 aromatic carbocycles. The molecule has 0 saturated carbocycles. The quantitative estimate of drug-likeness (QED) is 0.420. The van der Waals surface area contributed by atoms with Crippen LogP contribution in [-0.4, -0.2) is 21.2 Å². The van der Waals surface area contributed by atoms with E-state index in [2.05, 4.69) is 25.5 Å². The second-order valence-corrected chi connectivity index (χ2v) is 5.84. The zero-order chi connectivity index (χ0) is 18.3. The highest BCUT2D eigenvalue weighted by atomic mass is 15.3. The minimum Gasteiger partial charge on any atom is -0.265 e. The van der Waals surface area contributed by atoms with Gasteiger partial charge in [-0.2, -0.15) is 5.10 Å². The van der Waals surface area contributed by atoms with Crippen molar-refractivity contribution in [2.45, 2.75) is 0 Å². The maximum Gasteiger partial charge on any atom is 0.244 e. The van der Waals surface area contributed by atoms with Crippen LogP contribution in [0.5, 0.6) is 0 Å². The fourth-order valence-electron chi connectivity index (χ4n) is 2.62. The lowest BCUT2D eigenvalue weighted by Gasteiger charge is -2.08. The lowest BCUT2D eigenvalue weighted by molar-refractivity contribution is 1.13. The molecule has 4 rings (SSSR count). The molecule has 0 spiro atoms. The number of nitrogens with zero attached hydrogens (tertiary/aromatic N) is 4. The van der Waals surface area contributed by atoms with Gasteiger partial charge in [0.1, 0.15) is 0 Å². The van der Waals surface area contributed by atoms with Gasteiger partial charge in [0, 0.05) is 23.5 Å². The molecule has 0 saturated heterocycles. The van der Waals surface area contributed by atoms with Crippen LogP contribution < -0.4 is 5.43 Å². The van der Waals surface area contributed by atoms with Crippen LogP contribution in [-0.2, 0) is 0 Å². The molecule has 0 aliphatic rings. The molecular weight excluding hydrogens is 334 g/mol. The number of aromatic nitrogens is 3. The van der Waals surface area contributed by atoms with Crippen molar-refractivity contribution < 1.29 is 0 Å². The predicted octanol–water partition coefficient (Wildman–Crippen LogP) is 4.65. The zero-order valence-electron chi connectivity index (χ0n) is 14.5. The molecule has 2 heterocycles. The number of hydrazone groups is 1. The van der Waals surface area contributed by atoms with E-state index >= 15 is 0 Å². The SMILES string of the molecule is C(=NNc1nc(-c2ccccc2)cc(-c2ccccc2)n1)c1ccncc1. The molecule has 0 atom stereocenters. The second-order valence-electron chi connectivity index (χ2n) is 5.84. The maximum absolute atomic E-state index is 4.61. The Labute approximate surface area is 157 Å². The van der Waals surface area contributed by atoms with Crippen molar-refractivity contribution in [1.29, 1.82) is 0 Å². The normalized spacial score (nSPS) is 10.8. The van der Waals surface area contributed by atoms with Crippen LogP contribution in [0.1, 0.15) is 5.56 Å². The zero-order valence-corrected chi connectivity index (χ0v) is 14.5. The molecule has 0 bridgehead atoms. The molecule has 2 aromatic heterocycles. The van der Waals surface area contributed by atoms with E-state index in [9.17, 15) is 0 Å². The summed E-state index contributed by atoms with van der Waals surface area (Å²) in [6.45, 7) is 0. The molecule has 0 aliphatic carbocycles. The van der Waals surface area contributed by atoms with Crippen molar-refractivity contribution in [3.8, 4) is 22.5 Å². The van der Waals surface area contributed by atoms with Crippen LogP contribution in [0.4, 0.5) is 5.95 Å². The van der Waals surface area contributed by atoms with Gasteiger partial charge in [-0.3, -0.25) is 4.98 Å². The van der Waals surface area contributed by atoms with Gasteiger partial charge in [0.2, 0.25) is 5.95 Å². The van der Waals surface area contributed by atoms with Crippen molar-refractivity contribution in [1.82, 2.24) is 15.0 Å². The van der Waals surface area contributed by atoms with E-state index in [4.69, 9.17) is 0 Å². The smallest absolute Gasteiger partial charge is 0.244 e. The van der Waals surface area contributed by atoms with Gasteiger partial charge in [0.15, 0.2) is 0 Å². The number of rotatable bonds is 5. The van der Waals surface area contributed by atoms with E-state index in [1.165, 1.54) is 0 Å². The van der Waals surface area contributed by atoms with Gasteiger partial charge in [-0.15, -0.1) is 0 Å². The molecular formula is C22H17N5. The first-order valence-corrected chi connectivity index (χ1v) is 8.57. The molecule has 0 aliphatic heterocycles. The van der Waals surface area contributed by atoms with Gasteiger partial charge in [-0.25, -0.2) is 15.4 Å². The Morgan fingerprint density at radius 2 is 1.26 bits per heavy atom. The van der Waals surface area contributed by atoms with Gasteiger partial charge in [-0.05, 0) is 23.8 Å². The minimum atomic E-state index is 0.445. The van der Waals surface area contributed by atoms with Crippen molar-refractivity contribution in [2.75, 3.05) is 5.43 Å². The largest absolute Gasteiger partial charge is 0.265 e. The van der Waals surface area contributed by atoms with Gasteiger partial charge in [0.05, 0.1) is 17.6 Å². The van der Waals surface area contributed by atoms with Crippen molar-refractivity contribution in [3.63, 3.8) is 0 Å². The summed E-state index contributed by atoms with van der Waals surface area (Å²) >= 11 is 0. The monoisotopic (exact) mass is 351 g/mol. The molecule has 0 amide bonds. The summed E-state index contributed by atoms with van der Waals surface area (Å²) in [5, 5.41) is 4.25. The number of hydrogen-bond donors (Lipinski definition) is 1. The lowest BCUT2D eigenvalue weighted by Crippen LogP contribution is -2.00. The summed E-state index contributed by atoms with van der Waals surface area (Å²) in [7, 11) is 0. The summed E-state index contributed by atoms with van der Waals surface area (Å²) in [4.78, 5) is 13.2. The third-order valence-electron chi connectivity index (χ3n) is 3.95. The first-order valence-electron chi connectivity index (χ1n) is 8.57. The van der Waals surface area contributed by atoms with Crippen LogP contribution in [0, 0.1) is 0 Å². The van der Waals surface area contributed by atoms with E-state index in [0.29, 0.717) is 5.95 Å². The van der Waals surface area contributed by atoms with Gasteiger partial charge >= 0.3 is 0 Å². The third kappa shape index (κ3) is 4.22. The van der Waals surface area contributed by atoms with Gasteiger partial charge in [0.25, 0.3) is 0 Å². The van der Waals surface area contributed by atoms with Crippen molar-refractivity contribution in [2.24, 2.45) is 5.10 Å². The van der Waals surface area contributed by atoms with E-state index in [1.54, 1.807) is 18.6 Å². The topological polar surface area (TPSA) is 63.1 Å². The fourth-order valence-corrected chi connectivity index (χ4v) is 2.62. The van der Waals surface area contributed by atoms with Crippen LogP contribution in [0.15, 0.2) is 96.4 Å². The molecule has 4 aromatic rings. The van der Waals surface area contributed by atoms with Crippen LogP contribution in [0.3, 0.4) is 0 Å². The number of benzene rings is 2. The molecule has 0 fully saturated rings. The number of nitrogens with one attached hydrogen (secondary N) is 1. The highest BCUT2D eigenvalue weighted by Crippen LogP contribution is 2.24. The third-order valence-corrected chi connectivity index (χ3v) is 3.95. The highest BCUT2D eigenvalue weighted by molar-refractivity contribution is 5.79. The lowest BCUT2D eigenvalue weighted by atomic mass is 10.1. The number of anilines is 1. The molecule has 5 heteroatoms. The summed E-state index contributed by atoms with van der Waals surface area (Å²) in [6.07, 6.45) is 5.16. The maximum atomic E-state index is 4.61. The average molecular weight is 351 g/mol. The highest BCUT2D eigenvalue weighted by Gasteiger charge is 2.08. The average Bonchev–Trinajstić information content (AvgIpc) is 2.76. The first-order chi connectivity index (χ1) is 13.4. The van der Waals surface area contributed by atoms with E-state index in [1.807, 2.05) is 78.9 Å². The molecule has 1 N–H and O–H groups in total. The van der Waals surface area contributed by atoms with Crippen molar-refractivity contribution >= 4 is 12.2 Å². The molecule has 27 heavy (non-hydrogen) atoms. The second kappa shape index (κ2) is 8.01. The standard InChI is InChI=1S/C22H17N5/c1-3-7-18(8-4-1)20-15-21(19-9-5-2-6-10-19)26-22(25-20)27-24-16-17-11-13-23-14-12-17/h1-16H,(H,25,26,27). The summed E-state index contributed by atoms with van der Waals surface area (Å²) < 4.78 is 0. The van der Waals surface area contributed by atoms with Gasteiger partial charge in [-0.1, -0.05) is 60.7 Å². The predicted molar refractivity (Wildman–Crippen MR) is 108 cm³/mol. The Bertz CT molecular complexity index is 974. The Kier molecular flexibility index (Phi) is 4.93. The summed E-state index contributed by atoms with van der Waals surface area (Å²) in [5.41, 5.74) is 7.61. The fraction of sp³-hybridized carbons (Fsp3) is 0. The van der Waals surface area contributed by atoms with Gasteiger partial charge < -0.3 is 0 Å². The molecule has 130 valence electrons. The Balaban J connectivity index is 1.69. The minimum absolute atomic E-state index is 0.445. The van der Waals surface area contributed by atoms with Crippen LogP contribution in [0.2, 0.25) is 0 Å². The number of pyridine rings is 1. The Morgan fingerprint density at radius 3 is 1.81 bits per heavy atom. The van der Waals surface area contributed by atoms with E-state index < -0.39 is 0 Å². The van der Waals surface area contributed by atoms with Crippen LogP contribution >= 0.6 is 0 Å². The van der Waals surface area contributed by atoms with E-state index in [-0.39, 0.29) is 0 Å². The summed E-state index contributed by atoms with van der Waals surface area (Å²) in [5.74, 6) is 0.445. The van der Waals surface area contributed by atoms with Crippen molar-refractivity contribution in [3.05, 3.63) is 96.8 Å². The Hall–Kier alpha value is -3.86. The Morgan fingerprint density at radius 1 is 0.704 bits per heavy atom. The van der Waals surface area contributed by atoms with E-state index in [0.717, 1.165) is 28.1 Å². The summed E-state index contributed by atoms with van der Waals surface area (Å²) in [6, 6.07) is 25.8. The first kappa shape index (κ1) is 16.6. The van der Waals surface area contributed by atoms with Crippen LogP contribution in [0.25, 0.3) is 22.5 Å². The molecule has 0 unspecified atom stereocenters. The molecule has 0 radical (unpaired) electrons. The molecule has 5 nitrogen and oxygen atoms in total.